The zero-order valence-electron chi connectivity index (χ0n) is 12.5. The van der Waals surface area contributed by atoms with Crippen LogP contribution in [0.3, 0.4) is 0 Å². The molecule has 1 aromatic carbocycles. The minimum atomic E-state index is -0.245. The number of ether oxygens (including phenoxy) is 1. The summed E-state index contributed by atoms with van der Waals surface area (Å²) in [6.45, 7) is 1.57. The van der Waals surface area contributed by atoms with Crippen molar-refractivity contribution in [2.45, 2.75) is 13.5 Å². The van der Waals surface area contributed by atoms with Gasteiger partial charge in [0.2, 0.25) is 12.3 Å². The number of rotatable bonds is 4. The lowest BCUT2D eigenvalue weighted by molar-refractivity contribution is -0.683. The van der Waals surface area contributed by atoms with E-state index >= 15 is 0 Å². The van der Waals surface area contributed by atoms with Crippen LogP contribution in [0.2, 0.25) is 0 Å². The Morgan fingerprint density at radius 3 is 2.87 bits per heavy atom. The predicted octanol–water partition coefficient (Wildman–Crippen LogP) is 1.39. The first-order valence-electron chi connectivity index (χ1n) is 7.13. The molecule has 0 aliphatic carbocycles. The molecule has 0 unspecified atom stereocenters. The maximum Gasteiger partial charge on any atom is 0.262 e. The number of nitrogens with one attached hydrogen (secondary N) is 1. The molecule has 0 saturated carbocycles. The van der Waals surface area contributed by atoms with Crippen LogP contribution in [0.15, 0.2) is 42.7 Å². The van der Waals surface area contributed by atoms with Gasteiger partial charge in [-0.1, -0.05) is 0 Å². The minimum Gasteiger partial charge on any atom is -0.482 e. The number of carbonyl (C=O) groups is 3. The third-order valence-electron chi connectivity index (χ3n) is 3.53. The minimum absolute atomic E-state index is 0.0199. The molecule has 3 rings (SSSR count). The lowest BCUT2D eigenvalue weighted by Gasteiger charge is -2.18. The van der Waals surface area contributed by atoms with Gasteiger partial charge in [0.25, 0.3) is 5.91 Å². The van der Waals surface area contributed by atoms with Gasteiger partial charge in [0.1, 0.15) is 5.75 Å². The fourth-order valence-electron chi connectivity index (χ4n) is 2.34. The van der Waals surface area contributed by atoms with Crippen molar-refractivity contribution in [1.82, 2.24) is 0 Å². The summed E-state index contributed by atoms with van der Waals surface area (Å²) in [4.78, 5) is 35.1. The molecule has 0 fully saturated rings. The number of hydrogen-bond acceptors (Lipinski definition) is 4. The van der Waals surface area contributed by atoms with Crippen molar-refractivity contribution in [2.24, 2.45) is 0 Å². The first kappa shape index (κ1) is 14.9. The van der Waals surface area contributed by atoms with Crippen molar-refractivity contribution in [3.8, 4) is 5.75 Å². The van der Waals surface area contributed by atoms with Crippen molar-refractivity contribution in [3.63, 3.8) is 0 Å². The highest BCUT2D eigenvalue weighted by molar-refractivity contribution is 6.00. The average molecular weight is 311 g/mol. The van der Waals surface area contributed by atoms with Gasteiger partial charge in [-0.25, -0.2) is 0 Å². The van der Waals surface area contributed by atoms with Gasteiger partial charge in [-0.2, -0.15) is 4.57 Å². The van der Waals surface area contributed by atoms with Crippen molar-refractivity contribution in [3.05, 3.63) is 53.9 Å². The van der Waals surface area contributed by atoms with Crippen molar-refractivity contribution in [1.29, 1.82) is 0 Å². The van der Waals surface area contributed by atoms with Crippen LogP contribution in [0, 0.1) is 0 Å². The lowest BCUT2D eigenvalue weighted by atomic mass is 10.1. The standard InChI is InChI=1S/C17H14N2O4/c1-11(20)13-3-2-6-19(8-13)9-15(21)12-4-5-16-14(7-12)18-17(22)10-23-16/h2-8H,9-10H2,1H3/p+1. The van der Waals surface area contributed by atoms with Gasteiger partial charge in [0.05, 0.1) is 11.3 Å². The van der Waals surface area contributed by atoms with E-state index in [1.54, 1.807) is 47.3 Å². The molecular weight excluding hydrogens is 296 g/mol. The first-order valence-corrected chi connectivity index (χ1v) is 7.13. The van der Waals surface area contributed by atoms with Crippen LogP contribution in [0.25, 0.3) is 0 Å². The van der Waals surface area contributed by atoms with Crippen LogP contribution >= 0.6 is 0 Å². The van der Waals surface area contributed by atoms with E-state index in [-0.39, 0.29) is 30.6 Å². The fraction of sp³-hybridized carbons (Fsp3) is 0.176. The Labute approximate surface area is 132 Å². The van der Waals surface area contributed by atoms with Crippen molar-refractivity contribution in [2.75, 3.05) is 11.9 Å². The molecule has 0 atom stereocenters. The molecule has 6 heteroatoms. The molecule has 23 heavy (non-hydrogen) atoms. The molecule has 1 amide bonds. The molecule has 1 aromatic heterocycles. The van der Waals surface area contributed by atoms with Gasteiger partial charge in [-0.3, -0.25) is 14.4 Å². The zero-order chi connectivity index (χ0) is 16.4. The second kappa shape index (κ2) is 6.00. The summed E-state index contributed by atoms with van der Waals surface area (Å²) < 4.78 is 6.93. The van der Waals surface area contributed by atoms with E-state index in [0.29, 0.717) is 22.6 Å². The molecule has 116 valence electrons. The topological polar surface area (TPSA) is 76.4 Å². The molecule has 6 nitrogen and oxygen atoms in total. The highest BCUT2D eigenvalue weighted by Gasteiger charge is 2.19. The average Bonchev–Trinajstić information content (AvgIpc) is 2.54. The van der Waals surface area contributed by atoms with Gasteiger partial charge in [-0.05, 0) is 31.2 Å². The van der Waals surface area contributed by atoms with E-state index in [2.05, 4.69) is 5.32 Å². The third-order valence-corrected chi connectivity index (χ3v) is 3.53. The Bertz CT molecular complexity index is 814. The molecule has 0 radical (unpaired) electrons. The van der Waals surface area contributed by atoms with Crippen molar-refractivity contribution >= 4 is 23.2 Å². The summed E-state index contributed by atoms with van der Waals surface area (Å²) in [6.07, 6.45) is 3.37. The number of nitrogens with zero attached hydrogens (tertiary/aromatic N) is 1. The normalized spacial score (nSPS) is 12.8. The third kappa shape index (κ3) is 3.26. The molecule has 0 bridgehead atoms. The largest absolute Gasteiger partial charge is 0.482 e. The SMILES string of the molecule is CC(=O)c1ccc[n+](CC(=O)c2ccc3c(c2)NC(=O)CO3)c1. The number of pyridine rings is 1. The van der Waals surface area contributed by atoms with E-state index in [1.807, 2.05) is 0 Å². The molecular formula is C17H15N2O4+. The van der Waals surface area contributed by atoms with Crippen LogP contribution in [0.5, 0.6) is 5.75 Å². The van der Waals surface area contributed by atoms with Crippen LogP contribution in [0.4, 0.5) is 5.69 Å². The van der Waals surface area contributed by atoms with Crippen LogP contribution < -0.4 is 14.6 Å². The second-order valence-electron chi connectivity index (χ2n) is 5.29. The Hall–Kier alpha value is -3.02. The monoisotopic (exact) mass is 311 g/mol. The van der Waals surface area contributed by atoms with Gasteiger partial charge in [0.15, 0.2) is 24.8 Å². The molecule has 1 N–H and O–H groups in total. The summed E-state index contributed by atoms with van der Waals surface area (Å²) in [5, 5.41) is 2.68. The Morgan fingerprint density at radius 1 is 1.26 bits per heavy atom. The first-order chi connectivity index (χ1) is 11.0. The molecule has 1 aliphatic heterocycles. The quantitative estimate of drug-likeness (QED) is 0.684. The number of Topliss-reactive ketones (excluding diaryl/α,β-unsaturated/α-hetero) is 2. The summed E-state index contributed by atoms with van der Waals surface area (Å²) in [5.41, 5.74) is 1.51. The smallest absolute Gasteiger partial charge is 0.262 e. The summed E-state index contributed by atoms with van der Waals surface area (Å²) in [5.74, 6) is 0.122. The molecule has 2 aromatic rings. The van der Waals surface area contributed by atoms with Crippen LogP contribution in [-0.4, -0.2) is 24.1 Å². The van der Waals surface area contributed by atoms with Gasteiger partial charge < -0.3 is 10.1 Å². The Morgan fingerprint density at radius 2 is 2.09 bits per heavy atom. The maximum atomic E-state index is 12.4. The van der Waals surface area contributed by atoms with E-state index in [1.165, 1.54) is 6.92 Å². The van der Waals surface area contributed by atoms with E-state index in [0.717, 1.165) is 0 Å². The van der Waals surface area contributed by atoms with E-state index < -0.39 is 0 Å². The summed E-state index contributed by atoms with van der Waals surface area (Å²) in [7, 11) is 0. The zero-order valence-corrected chi connectivity index (χ0v) is 12.5. The Kier molecular flexibility index (Phi) is 3.89. The summed E-state index contributed by atoms with van der Waals surface area (Å²) >= 11 is 0. The highest BCUT2D eigenvalue weighted by atomic mass is 16.5. The predicted molar refractivity (Wildman–Crippen MR) is 81.5 cm³/mol. The molecule has 0 saturated heterocycles. The molecule has 2 heterocycles. The van der Waals surface area contributed by atoms with E-state index in [9.17, 15) is 14.4 Å². The number of carbonyl (C=O) groups excluding carboxylic acids is 3. The van der Waals surface area contributed by atoms with E-state index in [4.69, 9.17) is 4.74 Å². The number of fused-ring (bicyclic) bond motifs is 1. The number of ketones is 2. The summed E-state index contributed by atoms with van der Waals surface area (Å²) in [6, 6.07) is 8.36. The second-order valence-corrected chi connectivity index (χ2v) is 5.29. The molecule has 1 aliphatic rings. The van der Waals surface area contributed by atoms with Gasteiger partial charge in [-0.15, -0.1) is 0 Å². The Balaban J connectivity index is 1.81. The van der Waals surface area contributed by atoms with Crippen LogP contribution in [0.1, 0.15) is 27.6 Å². The maximum absolute atomic E-state index is 12.4. The van der Waals surface area contributed by atoms with Crippen LogP contribution in [-0.2, 0) is 11.3 Å². The van der Waals surface area contributed by atoms with Gasteiger partial charge >= 0.3 is 0 Å². The molecule has 0 spiro atoms. The number of hydrogen-bond donors (Lipinski definition) is 1. The fourth-order valence-corrected chi connectivity index (χ4v) is 2.34. The number of anilines is 1. The van der Waals surface area contributed by atoms with Crippen molar-refractivity contribution < 1.29 is 23.7 Å². The number of aromatic nitrogens is 1. The highest BCUT2D eigenvalue weighted by Crippen LogP contribution is 2.28. The number of benzene rings is 1. The van der Waals surface area contributed by atoms with Gasteiger partial charge in [0, 0.05) is 11.6 Å². The lowest BCUT2D eigenvalue weighted by Crippen LogP contribution is -2.38. The number of amides is 1.